The molecular weight excluding hydrogens is 382 g/mol. The van der Waals surface area contributed by atoms with Gasteiger partial charge in [0, 0.05) is 26.2 Å². The molecule has 0 saturated carbocycles. The molecule has 1 fully saturated rings. The van der Waals surface area contributed by atoms with E-state index in [1.54, 1.807) is 37.3 Å². The maximum absolute atomic E-state index is 12.7. The van der Waals surface area contributed by atoms with Crippen LogP contribution in [0.1, 0.15) is 11.5 Å². The minimum Gasteiger partial charge on any atom is -0.360 e. The van der Waals surface area contributed by atoms with Crippen LogP contribution in [0.25, 0.3) is 10.9 Å². The molecule has 4 rings (SSSR count). The van der Waals surface area contributed by atoms with Crippen molar-refractivity contribution in [3.63, 3.8) is 0 Å². The molecule has 148 valence electrons. The molecule has 9 nitrogen and oxygen atoms in total. The minimum atomic E-state index is -3.50. The normalized spacial score (nSPS) is 16.6. The van der Waals surface area contributed by atoms with Gasteiger partial charge in [-0.05, 0) is 26.0 Å². The Bertz CT molecular complexity index is 1160. The molecule has 0 spiro atoms. The van der Waals surface area contributed by atoms with Crippen molar-refractivity contribution in [1.82, 2.24) is 24.1 Å². The van der Waals surface area contributed by atoms with Crippen molar-refractivity contribution in [1.29, 1.82) is 0 Å². The third-order valence-electron chi connectivity index (χ3n) is 4.98. The lowest BCUT2D eigenvalue weighted by atomic mass is 10.2. The molecule has 0 amide bonds. The van der Waals surface area contributed by atoms with Crippen molar-refractivity contribution < 1.29 is 12.9 Å². The van der Waals surface area contributed by atoms with Crippen molar-refractivity contribution in [3.05, 3.63) is 52.1 Å². The van der Waals surface area contributed by atoms with Crippen LogP contribution in [0.15, 0.2) is 44.5 Å². The Morgan fingerprint density at radius 2 is 1.75 bits per heavy atom. The number of rotatable bonds is 4. The first-order valence-electron chi connectivity index (χ1n) is 8.99. The zero-order valence-electron chi connectivity index (χ0n) is 15.7. The summed E-state index contributed by atoms with van der Waals surface area (Å²) in [6.07, 6.45) is 0. The molecule has 3 heterocycles. The van der Waals surface area contributed by atoms with Crippen LogP contribution in [-0.4, -0.2) is 58.7 Å². The Hall–Kier alpha value is -2.56. The van der Waals surface area contributed by atoms with Crippen LogP contribution in [0.3, 0.4) is 0 Å². The zero-order chi connectivity index (χ0) is 19.9. The first kappa shape index (κ1) is 18.8. The quantitative estimate of drug-likeness (QED) is 0.639. The largest absolute Gasteiger partial charge is 0.360 e. The van der Waals surface area contributed by atoms with Gasteiger partial charge in [0.15, 0.2) is 5.52 Å². The number of nitrogens with zero attached hydrogens (tertiary/aromatic N) is 5. The Morgan fingerprint density at radius 1 is 1.07 bits per heavy atom. The summed E-state index contributed by atoms with van der Waals surface area (Å²) in [7, 11) is -3.50. The van der Waals surface area contributed by atoms with Gasteiger partial charge in [0.1, 0.15) is 5.76 Å². The highest BCUT2D eigenvalue weighted by molar-refractivity contribution is 7.89. The lowest BCUT2D eigenvalue weighted by molar-refractivity contribution is 0.143. The average Bonchev–Trinajstić information content (AvgIpc) is 3.09. The number of aryl methyl sites for hydroxylation is 2. The standard InChI is InChI=1S/C18H21N5O4S/c1-13-16-14(2)27-20-17(16)18(24)23(19-13)12-21-8-10-22(11-9-21)28(25,26)15-6-4-3-5-7-15/h3-7H,8-12H2,1-2H3. The molecule has 3 aromatic rings. The van der Waals surface area contributed by atoms with E-state index < -0.39 is 10.0 Å². The maximum atomic E-state index is 12.7. The third-order valence-corrected chi connectivity index (χ3v) is 6.89. The number of fused-ring (bicyclic) bond motifs is 1. The van der Waals surface area contributed by atoms with Crippen molar-refractivity contribution in [2.75, 3.05) is 26.2 Å². The van der Waals surface area contributed by atoms with Crippen LogP contribution in [0.2, 0.25) is 0 Å². The molecule has 0 unspecified atom stereocenters. The third kappa shape index (κ3) is 3.23. The van der Waals surface area contributed by atoms with Gasteiger partial charge >= 0.3 is 0 Å². The van der Waals surface area contributed by atoms with Gasteiger partial charge in [-0.15, -0.1) is 0 Å². The average molecular weight is 403 g/mol. The van der Waals surface area contributed by atoms with E-state index in [-0.39, 0.29) is 17.7 Å². The summed E-state index contributed by atoms with van der Waals surface area (Å²) in [4.78, 5) is 14.9. The van der Waals surface area contributed by atoms with Gasteiger partial charge in [-0.3, -0.25) is 9.69 Å². The van der Waals surface area contributed by atoms with Gasteiger partial charge in [-0.25, -0.2) is 13.1 Å². The molecule has 0 atom stereocenters. The molecule has 1 aliphatic heterocycles. The Morgan fingerprint density at radius 3 is 2.43 bits per heavy atom. The van der Waals surface area contributed by atoms with E-state index in [1.165, 1.54) is 8.99 Å². The van der Waals surface area contributed by atoms with E-state index >= 15 is 0 Å². The van der Waals surface area contributed by atoms with Crippen LogP contribution >= 0.6 is 0 Å². The fourth-order valence-electron chi connectivity index (χ4n) is 3.48. The van der Waals surface area contributed by atoms with Crippen LogP contribution in [0.4, 0.5) is 0 Å². The van der Waals surface area contributed by atoms with Crippen LogP contribution in [-0.2, 0) is 16.7 Å². The van der Waals surface area contributed by atoms with Gasteiger partial charge in [0.25, 0.3) is 5.56 Å². The summed E-state index contributed by atoms with van der Waals surface area (Å²) in [6.45, 7) is 5.57. The molecule has 1 saturated heterocycles. The summed E-state index contributed by atoms with van der Waals surface area (Å²) >= 11 is 0. The van der Waals surface area contributed by atoms with E-state index in [2.05, 4.69) is 10.3 Å². The molecule has 0 bridgehead atoms. The molecule has 0 radical (unpaired) electrons. The Labute approximate surface area is 162 Å². The summed E-state index contributed by atoms with van der Waals surface area (Å²) in [5.74, 6) is 0.573. The molecule has 0 N–H and O–H groups in total. The number of sulfonamides is 1. The molecule has 10 heteroatoms. The molecule has 1 aliphatic rings. The summed E-state index contributed by atoms with van der Waals surface area (Å²) in [5, 5.41) is 8.88. The second-order valence-corrected chi connectivity index (χ2v) is 8.77. The summed E-state index contributed by atoms with van der Waals surface area (Å²) in [6, 6.07) is 8.42. The number of hydrogen-bond donors (Lipinski definition) is 0. The Balaban J connectivity index is 1.49. The number of piperazine rings is 1. The molecule has 1 aromatic carbocycles. The number of hydrogen-bond acceptors (Lipinski definition) is 7. The fraction of sp³-hybridized carbons (Fsp3) is 0.389. The zero-order valence-corrected chi connectivity index (χ0v) is 16.5. The predicted octanol–water partition coefficient (Wildman–Crippen LogP) is 0.965. The molecule has 2 aromatic heterocycles. The highest BCUT2D eigenvalue weighted by Crippen LogP contribution is 2.18. The lowest BCUT2D eigenvalue weighted by Crippen LogP contribution is -2.49. The Kier molecular flexibility index (Phi) is 4.77. The number of aromatic nitrogens is 3. The van der Waals surface area contributed by atoms with E-state index in [0.717, 1.165) is 0 Å². The monoisotopic (exact) mass is 403 g/mol. The maximum Gasteiger partial charge on any atom is 0.298 e. The highest BCUT2D eigenvalue weighted by atomic mass is 32.2. The second kappa shape index (κ2) is 7.12. The van der Waals surface area contributed by atoms with Gasteiger partial charge in [0.05, 0.1) is 22.6 Å². The van der Waals surface area contributed by atoms with Crippen LogP contribution in [0.5, 0.6) is 0 Å². The first-order chi connectivity index (χ1) is 13.4. The van der Waals surface area contributed by atoms with Crippen molar-refractivity contribution in [2.24, 2.45) is 0 Å². The fourth-order valence-corrected chi connectivity index (χ4v) is 4.92. The molecule has 28 heavy (non-hydrogen) atoms. The van der Waals surface area contributed by atoms with E-state index in [9.17, 15) is 13.2 Å². The van der Waals surface area contributed by atoms with Crippen molar-refractivity contribution in [2.45, 2.75) is 25.4 Å². The van der Waals surface area contributed by atoms with E-state index in [1.807, 2.05) is 11.8 Å². The lowest BCUT2D eigenvalue weighted by Gasteiger charge is -2.33. The van der Waals surface area contributed by atoms with E-state index in [0.29, 0.717) is 47.9 Å². The van der Waals surface area contributed by atoms with Gasteiger partial charge in [-0.1, -0.05) is 23.4 Å². The molecular formula is C18H21N5O4S. The summed E-state index contributed by atoms with van der Waals surface area (Å²) in [5.41, 5.74) is 0.644. The topological polar surface area (TPSA) is 102 Å². The SMILES string of the molecule is Cc1nn(CN2CCN(S(=O)(=O)c3ccccc3)CC2)c(=O)c2noc(C)c12. The van der Waals surface area contributed by atoms with Crippen molar-refractivity contribution >= 4 is 20.9 Å². The van der Waals surface area contributed by atoms with Crippen LogP contribution < -0.4 is 5.56 Å². The predicted molar refractivity (Wildman–Crippen MR) is 102 cm³/mol. The van der Waals surface area contributed by atoms with Crippen molar-refractivity contribution in [3.8, 4) is 0 Å². The second-order valence-electron chi connectivity index (χ2n) is 6.83. The van der Waals surface area contributed by atoms with Gasteiger partial charge in [-0.2, -0.15) is 9.40 Å². The highest BCUT2D eigenvalue weighted by Gasteiger charge is 2.28. The first-order valence-corrected chi connectivity index (χ1v) is 10.4. The number of benzene rings is 1. The van der Waals surface area contributed by atoms with Gasteiger partial charge < -0.3 is 4.52 Å². The minimum absolute atomic E-state index is 0.273. The van der Waals surface area contributed by atoms with Crippen LogP contribution in [0, 0.1) is 13.8 Å². The summed E-state index contributed by atoms with van der Waals surface area (Å²) < 4.78 is 33.4. The molecule has 0 aliphatic carbocycles. The van der Waals surface area contributed by atoms with E-state index in [4.69, 9.17) is 4.52 Å². The van der Waals surface area contributed by atoms with Gasteiger partial charge in [0.2, 0.25) is 10.0 Å². The smallest absolute Gasteiger partial charge is 0.298 e.